The lowest BCUT2D eigenvalue weighted by Gasteiger charge is -2.26. The first kappa shape index (κ1) is 34.7. The Balaban J connectivity index is 0.931. The van der Waals surface area contributed by atoms with Crippen LogP contribution in [0.2, 0.25) is 0 Å². The van der Waals surface area contributed by atoms with Crippen LogP contribution in [0.3, 0.4) is 0 Å². The van der Waals surface area contributed by atoms with Crippen molar-refractivity contribution in [2.24, 2.45) is 0 Å². The predicted octanol–water partition coefficient (Wildman–Crippen LogP) is 16.4. The molecule has 2 nitrogen and oxygen atoms in total. The minimum Gasteiger partial charge on any atom is -0.311 e. The molecular formula is C53H38N2S2. The highest BCUT2D eigenvalue weighted by Gasteiger charge is 2.16. The third-order valence-corrected chi connectivity index (χ3v) is 12.9. The molecule has 0 saturated heterocycles. The monoisotopic (exact) mass is 766 g/mol. The summed E-state index contributed by atoms with van der Waals surface area (Å²) in [5, 5.41) is 2.58. The van der Waals surface area contributed by atoms with Crippen molar-refractivity contribution in [2.75, 3.05) is 9.80 Å². The molecule has 0 amide bonds. The van der Waals surface area contributed by atoms with E-state index in [9.17, 15) is 0 Å². The van der Waals surface area contributed by atoms with Gasteiger partial charge in [0.15, 0.2) is 0 Å². The summed E-state index contributed by atoms with van der Waals surface area (Å²) in [5.41, 5.74) is 12.8. The molecule has 4 heteroatoms. The third kappa shape index (κ3) is 7.02. The molecule has 10 rings (SSSR count). The van der Waals surface area contributed by atoms with Crippen molar-refractivity contribution in [3.05, 3.63) is 218 Å². The van der Waals surface area contributed by atoms with Crippen LogP contribution in [0.1, 0.15) is 5.56 Å². The highest BCUT2D eigenvalue weighted by molar-refractivity contribution is 7.22. The predicted molar refractivity (Wildman–Crippen MR) is 248 cm³/mol. The SMILES string of the molecule is Cc1ccc(N(c2ccc(-c3ccc(N(c4ccccc4)c4ccc(-c5cc6ccccc6s5)cc4)cc3)cc2)c2ccc(-c3cc4ccccc4s3)cc2)cc1. The Morgan fingerprint density at radius 3 is 1.00 bits per heavy atom. The smallest absolute Gasteiger partial charge is 0.0462 e. The van der Waals surface area contributed by atoms with Crippen molar-refractivity contribution >= 4 is 77.0 Å². The molecule has 2 aromatic heterocycles. The zero-order valence-corrected chi connectivity index (χ0v) is 33.1. The van der Waals surface area contributed by atoms with Crippen LogP contribution in [0.4, 0.5) is 34.1 Å². The van der Waals surface area contributed by atoms with Gasteiger partial charge in [0.2, 0.25) is 0 Å². The van der Waals surface area contributed by atoms with Crippen molar-refractivity contribution in [1.82, 2.24) is 0 Å². The fourth-order valence-corrected chi connectivity index (χ4v) is 9.71. The second-order valence-electron chi connectivity index (χ2n) is 14.3. The van der Waals surface area contributed by atoms with Crippen LogP contribution in [0.25, 0.3) is 52.2 Å². The minimum atomic E-state index is 1.11. The van der Waals surface area contributed by atoms with Crippen LogP contribution in [0, 0.1) is 6.92 Å². The van der Waals surface area contributed by atoms with Gasteiger partial charge in [-0.05, 0) is 137 Å². The first-order chi connectivity index (χ1) is 28.1. The van der Waals surface area contributed by atoms with E-state index in [4.69, 9.17) is 0 Å². The summed E-state index contributed by atoms with van der Waals surface area (Å²) in [6.45, 7) is 2.14. The van der Waals surface area contributed by atoms with Gasteiger partial charge in [-0.25, -0.2) is 0 Å². The van der Waals surface area contributed by atoms with E-state index in [0.29, 0.717) is 0 Å². The zero-order chi connectivity index (χ0) is 38.1. The Kier molecular flexibility index (Phi) is 9.19. The first-order valence-corrected chi connectivity index (χ1v) is 20.9. The molecule has 0 atom stereocenters. The Labute approximate surface area is 341 Å². The molecule has 57 heavy (non-hydrogen) atoms. The Bertz CT molecular complexity index is 2860. The molecule has 2 heterocycles. The zero-order valence-electron chi connectivity index (χ0n) is 31.4. The second-order valence-corrected chi connectivity index (χ2v) is 16.5. The lowest BCUT2D eigenvalue weighted by atomic mass is 10.0. The van der Waals surface area contributed by atoms with Crippen molar-refractivity contribution in [1.29, 1.82) is 0 Å². The number of thiophene rings is 2. The van der Waals surface area contributed by atoms with Crippen LogP contribution in [0.15, 0.2) is 212 Å². The van der Waals surface area contributed by atoms with Gasteiger partial charge in [-0.2, -0.15) is 0 Å². The van der Waals surface area contributed by atoms with Gasteiger partial charge in [0.25, 0.3) is 0 Å². The van der Waals surface area contributed by atoms with E-state index < -0.39 is 0 Å². The van der Waals surface area contributed by atoms with Crippen LogP contribution in [-0.2, 0) is 0 Å². The number of benzene rings is 8. The minimum absolute atomic E-state index is 1.11. The van der Waals surface area contributed by atoms with Gasteiger partial charge in [0, 0.05) is 53.3 Å². The number of rotatable bonds is 9. The van der Waals surface area contributed by atoms with Gasteiger partial charge in [0.05, 0.1) is 0 Å². The molecule has 0 radical (unpaired) electrons. The van der Waals surface area contributed by atoms with Gasteiger partial charge in [-0.1, -0.05) is 121 Å². The van der Waals surface area contributed by atoms with Crippen LogP contribution in [0.5, 0.6) is 0 Å². The van der Waals surface area contributed by atoms with Gasteiger partial charge in [-0.3, -0.25) is 0 Å². The summed E-state index contributed by atoms with van der Waals surface area (Å²) < 4.78 is 2.63. The van der Waals surface area contributed by atoms with Crippen molar-refractivity contribution in [3.8, 4) is 32.0 Å². The molecule has 0 aliphatic carbocycles. The number of hydrogen-bond donors (Lipinski definition) is 0. The molecule has 0 saturated carbocycles. The molecule has 10 aromatic rings. The lowest BCUT2D eigenvalue weighted by molar-refractivity contribution is 1.27. The summed E-state index contributed by atoms with van der Waals surface area (Å²) in [6.07, 6.45) is 0. The van der Waals surface area contributed by atoms with E-state index in [2.05, 4.69) is 229 Å². The average molecular weight is 767 g/mol. The topological polar surface area (TPSA) is 6.48 Å². The number of para-hydroxylation sites is 1. The van der Waals surface area contributed by atoms with Gasteiger partial charge < -0.3 is 9.80 Å². The molecule has 0 N–H and O–H groups in total. The molecule has 0 unspecified atom stereocenters. The van der Waals surface area contributed by atoms with E-state index in [1.54, 1.807) is 0 Å². The van der Waals surface area contributed by atoms with Crippen LogP contribution < -0.4 is 9.80 Å². The highest BCUT2D eigenvalue weighted by Crippen LogP contribution is 2.41. The first-order valence-electron chi connectivity index (χ1n) is 19.2. The van der Waals surface area contributed by atoms with E-state index >= 15 is 0 Å². The van der Waals surface area contributed by atoms with Crippen molar-refractivity contribution in [3.63, 3.8) is 0 Å². The normalized spacial score (nSPS) is 11.2. The third-order valence-electron chi connectivity index (χ3n) is 10.6. The lowest BCUT2D eigenvalue weighted by Crippen LogP contribution is -2.10. The molecule has 272 valence electrons. The standard InChI is InChI=1S/C53H38N2S2/c1-37-15-25-45(26-16-37)55(49-33-23-41(24-34-49)53-36-43-10-6-8-14-51(43)57-53)47-29-19-39(20-30-47)38-17-27-46(28-18-38)54(44-11-3-2-4-12-44)48-31-21-40(22-32-48)52-35-42-9-5-7-13-50(42)56-52/h2-36H,1H3. The fourth-order valence-electron chi connectivity index (χ4n) is 7.57. The van der Waals surface area contributed by atoms with E-state index in [1.165, 1.54) is 57.7 Å². The quantitative estimate of drug-likeness (QED) is 0.144. The molecular weight excluding hydrogens is 729 g/mol. The highest BCUT2D eigenvalue weighted by atomic mass is 32.1. The van der Waals surface area contributed by atoms with E-state index in [0.717, 1.165) is 34.1 Å². The number of nitrogens with zero attached hydrogens (tertiary/aromatic N) is 2. The largest absolute Gasteiger partial charge is 0.311 e. The van der Waals surface area contributed by atoms with E-state index in [-0.39, 0.29) is 0 Å². The number of hydrogen-bond acceptors (Lipinski definition) is 4. The van der Waals surface area contributed by atoms with Gasteiger partial charge >= 0.3 is 0 Å². The van der Waals surface area contributed by atoms with Crippen LogP contribution in [-0.4, -0.2) is 0 Å². The maximum atomic E-state index is 2.34. The number of fused-ring (bicyclic) bond motifs is 2. The molecule has 0 aliphatic heterocycles. The molecule has 0 aliphatic rings. The Morgan fingerprint density at radius 2 is 0.614 bits per heavy atom. The number of aryl methyl sites for hydroxylation is 1. The summed E-state index contributed by atoms with van der Waals surface area (Å²) in [5.74, 6) is 0. The van der Waals surface area contributed by atoms with Crippen molar-refractivity contribution in [2.45, 2.75) is 6.92 Å². The summed E-state index contributed by atoms with van der Waals surface area (Å²) >= 11 is 3.68. The maximum absolute atomic E-state index is 2.34. The average Bonchev–Trinajstić information content (AvgIpc) is 3.91. The molecule has 0 bridgehead atoms. The Morgan fingerprint density at radius 1 is 0.298 bits per heavy atom. The summed E-state index contributed by atoms with van der Waals surface area (Å²) in [6, 6.07) is 77.0. The molecule has 8 aromatic carbocycles. The van der Waals surface area contributed by atoms with Gasteiger partial charge in [-0.15, -0.1) is 22.7 Å². The molecule has 0 fully saturated rings. The molecule has 0 spiro atoms. The Hall–Kier alpha value is -6.72. The van der Waals surface area contributed by atoms with Crippen LogP contribution >= 0.6 is 22.7 Å². The fraction of sp³-hybridized carbons (Fsp3) is 0.0189. The second kappa shape index (κ2) is 15.1. The summed E-state index contributed by atoms with van der Waals surface area (Å²) in [4.78, 5) is 7.23. The van der Waals surface area contributed by atoms with Crippen molar-refractivity contribution < 1.29 is 0 Å². The van der Waals surface area contributed by atoms with Gasteiger partial charge in [0.1, 0.15) is 0 Å². The maximum Gasteiger partial charge on any atom is 0.0462 e. The van der Waals surface area contributed by atoms with E-state index in [1.807, 2.05) is 22.7 Å². The number of anilines is 6. The summed E-state index contributed by atoms with van der Waals surface area (Å²) in [7, 11) is 0.